The van der Waals surface area contributed by atoms with Crippen LogP contribution < -0.4 is 5.56 Å². The smallest absolute Gasteiger partial charge is 0.411 e. The summed E-state index contributed by atoms with van der Waals surface area (Å²) in [5.41, 5.74) is -0.0862. The first kappa shape index (κ1) is 16.2. The number of alkyl halides is 3. The molecule has 1 rings (SSSR count). The van der Waals surface area contributed by atoms with Gasteiger partial charge in [0.15, 0.2) is 0 Å². The van der Waals surface area contributed by atoms with Gasteiger partial charge in [-0.3, -0.25) is 9.59 Å². The van der Waals surface area contributed by atoms with Crippen LogP contribution in [0.2, 0.25) is 0 Å². The molecule has 1 aromatic rings. The Kier molecular flexibility index (Phi) is 5.26. The molecule has 0 spiro atoms. The van der Waals surface area contributed by atoms with Gasteiger partial charge in [-0.15, -0.1) is 0 Å². The Morgan fingerprint density at radius 2 is 2.10 bits per heavy atom. The van der Waals surface area contributed by atoms with E-state index in [1.807, 2.05) is 0 Å². The second-order valence-corrected chi connectivity index (χ2v) is 4.08. The van der Waals surface area contributed by atoms with Gasteiger partial charge in [-0.2, -0.15) is 13.2 Å². The monoisotopic (exact) mass is 294 g/mol. The molecule has 0 amide bonds. The number of nitrogens with zero attached hydrogens (tertiary/aromatic N) is 1. The Morgan fingerprint density at radius 3 is 2.60 bits per heavy atom. The zero-order valence-corrected chi connectivity index (χ0v) is 10.6. The number of H-pyrrole nitrogens is 1. The topological polar surface area (TPSA) is 92.3 Å². The van der Waals surface area contributed by atoms with E-state index in [0.717, 1.165) is 0 Å². The van der Waals surface area contributed by atoms with Crippen molar-refractivity contribution < 1.29 is 27.8 Å². The number of aryl methyl sites for hydroxylation is 1. The van der Waals surface area contributed by atoms with Gasteiger partial charge >= 0.3 is 12.1 Å². The van der Waals surface area contributed by atoms with Crippen molar-refractivity contribution in [2.75, 3.05) is 6.61 Å². The van der Waals surface area contributed by atoms with Gasteiger partial charge in [0.1, 0.15) is 19.0 Å². The summed E-state index contributed by atoms with van der Waals surface area (Å²) >= 11 is 0. The van der Waals surface area contributed by atoms with E-state index in [-0.39, 0.29) is 29.9 Å². The van der Waals surface area contributed by atoms with Gasteiger partial charge in [0, 0.05) is 17.7 Å². The van der Waals surface area contributed by atoms with Crippen molar-refractivity contribution in [2.24, 2.45) is 0 Å². The number of nitrogens with one attached hydrogen (secondary N) is 1. The Balaban J connectivity index is 2.73. The summed E-state index contributed by atoms with van der Waals surface area (Å²) in [6.45, 7) is -0.426. The lowest BCUT2D eigenvalue weighted by Gasteiger charge is -2.09. The molecule has 0 unspecified atom stereocenters. The van der Waals surface area contributed by atoms with Crippen LogP contribution in [0, 0.1) is 6.92 Å². The maximum Gasteiger partial charge on any atom is 0.411 e. The van der Waals surface area contributed by atoms with E-state index in [2.05, 4.69) is 14.7 Å². The minimum Gasteiger partial charge on any atom is -0.481 e. The van der Waals surface area contributed by atoms with Crippen LogP contribution in [0.5, 0.6) is 0 Å². The van der Waals surface area contributed by atoms with Crippen LogP contribution in [0.25, 0.3) is 0 Å². The lowest BCUT2D eigenvalue weighted by molar-refractivity contribution is -0.177. The summed E-state index contributed by atoms with van der Waals surface area (Å²) < 4.78 is 40.0. The quantitative estimate of drug-likeness (QED) is 0.821. The first-order valence-corrected chi connectivity index (χ1v) is 5.64. The van der Waals surface area contributed by atoms with Crippen LogP contribution in [0.1, 0.15) is 23.5 Å². The number of aliphatic carboxylic acids is 1. The maximum atomic E-state index is 11.9. The molecule has 20 heavy (non-hydrogen) atoms. The summed E-state index contributed by atoms with van der Waals surface area (Å²) in [6, 6.07) is 0. The molecule has 0 atom stereocenters. The van der Waals surface area contributed by atoms with Gasteiger partial charge in [-0.25, -0.2) is 4.98 Å². The third-order valence-corrected chi connectivity index (χ3v) is 2.36. The molecule has 1 aromatic heterocycles. The van der Waals surface area contributed by atoms with Gasteiger partial charge in [0.05, 0.1) is 0 Å². The minimum absolute atomic E-state index is 0.00713. The number of ether oxygens (including phenoxy) is 1. The van der Waals surface area contributed by atoms with Crippen LogP contribution in [-0.2, 0) is 22.6 Å². The lowest BCUT2D eigenvalue weighted by atomic mass is 10.1. The molecule has 0 aliphatic rings. The number of carboxylic acid groups (broad SMARTS) is 1. The van der Waals surface area contributed by atoms with Gasteiger partial charge in [0.25, 0.3) is 5.56 Å². The second-order valence-electron chi connectivity index (χ2n) is 4.08. The van der Waals surface area contributed by atoms with Crippen LogP contribution in [0.4, 0.5) is 13.2 Å². The average Bonchev–Trinajstić information content (AvgIpc) is 2.25. The molecular formula is C11H13F3N2O4. The Bertz CT molecular complexity index is 539. The normalized spacial score (nSPS) is 11.6. The fourth-order valence-electron chi connectivity index (χ4n) is 1.53. The van der Waals surface area contributed by atoms with E-state index in [1.54, 1.807) is 0 Å². The second kappa shape index (κ2) is 6.51. The summed E-state index contributed by atoms with van der Waals surface area (Å²) in [4.78, 5) is 28.3. The SMILES string of the molecule is Cc1nc(COCC(F)(F)F)[nH]c(=O)c1CCC(=O)O. The first-order chi connectivity index (χ1) is 9.19. The predicted molar refractivity (Wildman–Crippen MR) is 61.3 cm³/mol. The molecule has 0 saturated carbocycles. The van der Waals surface area contributed by atoms with Crippen LogP contribution >= 0.6 is 0 Å². The summed E-state index contributed by atoms with van der Waals surface area (Å²) in [7, 11) is 0. The highest BCUT2D eigenvalue weighted by atomic mass is 19.4. The molecule has 6 nitrogen and oxygen atoms in total. The van der Waals surface area contributed by atoms with Crippen molar-refractivity contribution in [1.29, 1.82) is 0 Å². The Hall–Kier alpha value is -1.90. The van der Waals surface area contributed by atoms with E-state index >= 15 is 0 Å². The van der Waals surface area contributed by atoms with Crippen molar-refractivity contribution in [3.63, 3.8) is 0 Å². The van der Waals surface area contributed by atoms with E-state index in [4.69, 9.17) is 5.11 Å². The molecule has 9 heteroatoms. The van der Waals surface area contributed by atoms with E-state index < -0.39 is 30.9 Å². The zero-order valence-electron chi connectivity index (χ0n) is 10.6. The molecule has 0 aliphatic heterocycles. The first-order valence-electron chi connectivity index (χ1n) is 5.64. The predicted octanol–water partition coefficient (Wildman–Crippen LogP) is 1.17. The standard InChI is InChI=1S/C11H13F3N2O4/c1-6-7(2-3-9(17)18)10(19)16-8(15-6)4-20-5-11(12,13)14/h2-5H2,1H3,(H,17,18)(H,15,16,19). The number of aromatic amines is 1. The van der Waals surface area contributed by atoms with Gasteiger partial charge in [-0.1, -0.05) is 0 Å². The summed E-state index contributed by atoms with van der Waals surface area (Å²) in [6.07, 6.45) is -4.67. The van der Waals surface area contributed by atoms with E-state index in [9.17, 15) is 22.8 Å². The van der Waals surface area contributed by atoms with Crippen molar-refractivity contribution in [3.05, 3.63) is 27.4 Å². The Morgan fingerprint density at radius 1 is 1.45 bits per heavy atom. The highest BCUT2D eigenvalue weighted by Gasteiger charge is 2.27. The molecule has 112 valence electrons. The van der Waals surface area contributed by atoms with Gasteiger partial charge < -0.3 is 14.8 Å². The molecule has 0 aliphatic carbocycles. The fraction of sp³-hybridized carbons (Fsp3) is 0.545. The highest BCUT2D eigenvalue weighted by Crippen LogP contribution is 2.15. The minimum atomic E-state index is -4.45. The zero-order chi connectivity index (χ0) is 15.3. The number of carboxylic acids is 1. The average molecular weight is 294 g/mol. The van der Waals surface area contributed by atoms with E-state index in [1.165, 1.54) is 6.92 Å². The van der Waals surface area contributed by atoms with Crippen molar-refractivity contribution >= 4 is 5.97 Å². The van der Waals surface area contributed by atoms with Gasteiger partial charge in [-0.05, 0) is 13.3 Å². The van der Waals surface area contributed by atoms with Crippen molar-refractivity contribution in [1.82, 2.24) is 9.97 Å². The number of hydrogen-bond acceptors (Lipinski definition) is 4. The number of halogens is 3. The lowest BCUT2D eigenvalue weighted by Crippen LogP contribution is -2.22. The fourth-order valence-corrected chi connectivity index (χ4v) is 1.53. The van der Waals surface area contributed by atoms with E-state index in [0.29, 0.717) is 0 Å². The maximum absolute atomic E-state index is 11.9. The largest absolute Gasteiger partial charge is 0.481 e. The van der Waals surface area contributed by atoms with Crippen LogP contribution in [-0.4, -0.2) is 33.8 Å². The van der Waals surface area contributed by atoms with Crippen LogP contribution in [0.15, 0.2) is 4.79 Å². The molecule has 1 heterocycles. The summed E-state index contributed by atoms with van der Waals surface area (Å²) in [5.74, 6) is -1.09. The molecule has 0 radical (unpaired) electrons. The Labute approximate surface area is 111 Å². The number of aromatic nitrogens is 2. The third kappa shape index (κ3) is 5.39. The summed E-state index contributed by atoms with van der Waals surface area (Å²) in [5, 5.41) is 8.54. The number of rotatable bonds is 6. The highest BCUT2D eigenvalue weighted by molar-refractivity contribution is 5.67. The molecule has 2 N–H and O–H groups in total. The third-order valence-electron chi connectivity index (χ3n) is 2.36. The van der Waals surface area contributed by atoms with Crippen molar-refractivity contribution in [3.8, 4) is 0 Å². The molecule has 0 fully saturated rings. The van der Waals surface area contributed by atoms with Gasteiger partial charge in [0.2, 0.25) is 0 Å². The number of carbonyl (C=O) groups is 1. The van der Waals surface area contributed by atoms with Crippen molar-refractivity contribution in [2.45, 2.75) is 32.5 Å². The molecule has 0 bridgehead atoms. The molecular weight excluding hydrogens is 281 g/mol. The van der Waals surface area contributed by atoms with Crippen LogP contribution in [0.3, 0.4) is 0 Å². The molecule has 0 saturated heterocycles. The number of hydrogen-bond donors (Lipinski definition) is 2. The molecule has 0 aromatic carbocycles.